The van der Waals surface area contributed by atoms with Crippen molar-refractivity contribution in [1.29, 1.82) is 0 Å². The zero-order valence-electron chi connectivity index (χ0n) is 18.5. The van der Waals surface area contributed by atoms with E-state index in [2.05, 4.69) is 39.1 Å². The Morgan fingerprint density at radius 2 is 1.91 bits per heavy atom. The van der Waals surface area contributed by atoms with Gasteiger partial charge in [-0.1, -0.05) is 43.1 Å². The molecule has 1 saturated heterocycles. The molecule has 33 heavy (non-hydrogen) atoms. The van der Waals surface area contributed by atoms with Crippen molar-refractivity contribution in [2.24, 2.45) is 0 Å². The average Bonchev–Trinajstić information content (AvgIpc) is 3.49. The van der Waals surface area contributed by atoms with Crippen molar-refractivity contribution >= 4 is 34.8 Å². The molecule has 0 amide bonds. The van der Waals surface area contributed by atoms with E-state index in [1.165, 1.54) is 0 Å². The minimum absolute atomic E-state index is 0.341. The number of pyridine rings is 1. The molecule has 7 nitrogen and oxygen atoms in total. The summed E-state index contributed by atoms with van der Waals surface area (Å²) in [5.41, 5.74) is 4.24. The van der Waals surface area contributed by atoms with E-state index in [-0.39, 0.29) is 0 Å². The maximum Gasteiger partial charge on any atom is 0.229 e. The average molecular weight is 482 g/mol. The Morgan fingerprint density at radius 3 is 2.67 bits per heavy atom. The van der Waals surface area contributed by atoms with Gasteiger partial charge >= 0.3 is 0 Å². The molecule has 1 N–H and O–H groups in total. The van der Waals surface area contributed by atoms with Crippen molar-refractivity contribution in [3.63, 3.8) is 0 Å². The standard InChI is InChI=1S/C24H25Cl2N7/c1-15(2)28-13-18-4-3-11-32(18)24-31-22(16-7-9-27-10-8-16)21(23-29-14-30-33(23)24)17-5-6-19(25)20(26)12-17/h5-10,12,14-15,18,28H,3-4,11,13H2,1-2H3/t18-/m1/s1. The van der Waals surface area contributed by atoms with E-state index in [0.717, 1.165) is 59.9 Å². The molecule has 5 rings (SSSR count). The van der Waals surface area contributed by atoms with Crippen LogP contribution in [0.2, 0.25) is 10.0 Å². The number of benzene rings is 1. The molecule has 4 heterocycles. The van der Waals surface area contributed by atoms with Gasteiger partial charge in [-0.25, -0.2) is 9.97 Å². The summed E-state index contributed by atoms with van der Waals surface area (Å²) in [6.45, 7) is 6.16. The molecule has 1 aliphatic rings. The lowest BCUT2D eigenvalue weighted by atomic mass is 10.0. The zero-order chi connectivity index (χ0) is 22.9. The molecule has 0 spiro atoms. The van der Waals surface area contributed by atoms with Gasteiger partial charge in [0.25, 0.3) is 0 Å². The molecule has 0 saturated carbocycles. The van der Waals surface area contributed by atoms with Gasteiger partial charge in [0.05, 0.1) is 21.3 Å². The fourth-order valence-electron chi connectivity index (χ4n) is 4.37. The van der Waals surface area contributed by atoms with Crippen LogP contribution in [0.4, 0.5) is 5.95 Å². The van der Waals surface area contributed by atoms with Crippen LogP contribution in [0, 0.1) is 0 Å². The van der Waals surface area contributed by atoms with E-state index in [1.54, 1.807) is 24.8 Å². The molecule has 1 aliphatic heterocycles. The summed E-state index contributed by atoms with van der Waals surface area (Å²) in [5.74, 6) is 0.797. The van der Waals surface area contributed by atoms with Crippen LogP contribution in [-0.4, -0.2) is 49.7 Å². The van der Waals surface area contributed by atoms with Gasteiger partial charge in [0.1, 0.15) is 6.33 Å². The van der Waals surface area contributed by atoms with Crippen LogP contribution in [0.5, 0.6) is 0 Å². The van der Waals surface area contributed by atoms with Crippen LogP contribution in [0.15, 0.2) is 49.1 Å². The summed E-state index contributed by atoms with van der Waals surface area (Å²) in [5, 5.41) is 9.12. The molecule has 0 radical (unpaired) electrons. The summed E-state index contributed by atoms with van der Waals surface area (Å²) < 4.78 is 1.84. The van der Waals surface area contributed by atoms with Crippen molar-refractivity contribution < 1.29 is 0 Å². The summed E-state index contributed by atoms with van der Waals surface area (Å²) in [4.78, 5) is 16.4. The smallest absolute Gasteiger partial charge is 0.229 e. The predicted molar refractivity (Wildman–Crippen MR) is 133 cm³/mol. The first-order valence-electron chi connectivity index (χ1n) is 11.1. The highest BCUT2D eigenvalue weighted by atomic mass is 35.5. The lowest BCUT2D eigenvalue weighted by molar-refractivity contribution is 0.519. The lowest BCUT2D eigenvalue weighted by Crippen LogP contribution is -2.41. The Balaban J connectivity index is 1.72. The maximum absolute atomic E-state index is 6.38. The van der Waals surface area contributed by atoms with Gasteiger partial charge in [0.15, 0.2) is 5.65 Å². The fraction of sp³-hybridized carbons (Fsp3) is 0.333. The molecule has 4 aromatic rings. The van der Waals surface area contributed by atoms with Crippen molar-refractivity contribution in [3.05, 3.63) is 59.1 Å². The lowest BCUT2D eigenvalue weighted by Gasteiger charge is -2.28. The molecule has 3 aromatic heterocycles. The van der Waals surface area contributed by atoms with Crippen molar-refractivity contribution in [3.8, 4) is 22.4 Å². The Morgan fingerprint density at radius 1 is 1.09 bits per heavy atom. The highest BCUT2D eigenvalue weighted by molar-refractivity contribution is 6.42. The van der Waals surface area contributed by atoms with Crippen LogP contribution in [0.3, 0.4) is 0 Å². The monoisotopic (exact) mass is 481 g/mol. The molecular weight excluding hydrogens is 457 g/mol. The van der Waals surface area contributed by atoms with Crippen LogP contribution < -0.4 is 10.2 Å². The van der Waals surface area contributed by atoms with Gasteiger partial charge in [0.2, 0.25) is 5.95 Å². The van der Waals surface area contributed by atoms with E-state index in [0.29, 0.717) is 22.1 Å². The number of halogens is 2. The summed E-state index contributed by atoms with van der Waals surface area (Å²) >= 11 is 12.6. The first-order valence-corrected chi connectivity index (χ1v) is 11.9. The minimum atomic E-state index is 0.341. The van der Waals surface area contributed by atoms with E-state index in [4.69, 9.17) is 28.2 Å². The molecule has 1 fully saturated rings. The Hall–Kier alpha value is -2.74. The molecular formula is C24H25Cl2N7. The molecule has 0 bridgehead atoms. The Labute approximate surface area is 202 Å². The number of anilines is 1. The van der Waals surface area contributed by atoms with Crippen LogP contribution in [-0.2, 0) is 0 Å². The van der Waals surface area contributed by atoms with Gasteiger partial charge in [0, 0.05) is 43.1 Å². The van der Waals surface area contributed by atoms with Gasteiger partial charge in [-0.3, -0.25) is 4.98 Å². The Kier molecular flexibility index (Phi) is 6.19. The topological polar surface area (TPSA) is 71.2 Å². The van der Waals surface area contributed by atoms with Crippen LogP contribution in [0.25, 0.3) is 28.0 Å². The predicted octanol–water partition coefficient (Wildman–Crippen LogP) is 5.13. The van der Waals surface area contributed by atoms with Crippen LogP contribution >= 0.6 is 23.2 Å². The van der Waals surface area contributed by atoms with E-state index < -0.39 is 0 Å². The third-order valence-corrected chi connectivity index (χ3v) is 6.71. The van der Waals surface area contributed by atoms with Gasteiger partial charge in [-0.05, 0) is 42.7 Å². The number of nitrogens with zero attached hydrogens (tertiary/aromatic N) is 6. The van der Waals surface area contributed by atoms with Gasteiger partial charge in [-0.2, -0.15) is 9.61 Å². The summed E-state index contributed by atoms with van der Waals surface area (Å²) in [6, 6.07) is 10.3. The van der Waals surface area contributed by atoms with Gasteiger partial charge in [-0.15, -0.1) is 0 Å². The van der Waals surface area contributed by atoms with Gasteiger partial charge < -0.3 is 10.2 Å². The molecule has 0 unspecified atom stereocenters. The second-order valence-electron chi connectivity index (χ2n) is 8.55. The van der Waals surface area contributed by atoms with Crippen molar-refractivity contribution in [1.82, 2.24) is 29.9 Å². The van der Waals surface area contributed by atoms with E-state index in [9.17, 15) is 0 Å². The minimum Gasteiger partial charge on any atom is -0.336 e. The van der Waals surface area contributed by atoms with Crippen molar-refractivity contribution in [2.75, 3.05) is 18.0 Å². The SMILES string of the molecule is CC(C)NC[C@H]1CCCN1c1nc(-c2ccncc2)c(-c2ccc(Cl)c(Cl)c2)c2ncnn12. The largest absolute Gasteiger partial charge is 0.336 e. The number of hydrogen-bond acceptors (Lipinski definition) is 6. The third-order valence-electron chi connectivity index (χ3n) is 5.97. The van der Waals surface area contributed by atoms with Crippen molar-refractivity contribution in [2.45, 2.75) is 38.8 Å². The number of aromatic nitrogens is 5. The Bertz CT molecular complexity index is 1270. The maximum atomic E-state index is 6.38. The molecule has 1 atom stereocenters. The first kappa shape index (κ1) is 22.1. The second kappa shape index (κ2) is 9.25. The number of fused-ring (bicyclic) bond motifs is 1. The summed E-state index contributed by atoms with van der Waals surface area (Å²) in [6.07, 6.45) is 7.34. The third kappa shape index (κ3) is 4.28. The molecule has 9 heteroatoms. The fourth-order valence-corrected chi connectivity index (χ4v) is 4.67. The molecule has 0 aliphatic carbocycles. The van der Waals surface area contributed by atoms with E-state index in [1.807, 2.05) is 28.8 Å². The molecule has 170 valence electrons. The number of rotatable bonds is 6. The highest BCUT2D eigenvalue weighted by Gasteiger charge is 2.30. The summed E-state index contributed by atoms with van der Waals surface area (Å²) in [7, 11) is 0. The number of hydrogen-bond donors (Lipinski definition) is 1. The normalized spacial score (nSPS) is 16.3. The zero-order valence-corrected chi connectivity index (χ0v) is 20.1. The van der Waals surface area contributed by atoms with E-state index >= 15 is 0 Å². The second-order valence-corrected chi connectivity index (χ2v) is 9.36. The number of nitrogens with one attached hydrogen (secondary N) is 1. The quantitative estimate of drug-likeness (QED) is 0.411. The molecule has 1 aromatic carbocycles. The first-order chi connectivity index (χ1) is 16.0. The highest BCUT2D eigenvalue weighted by Crippen LogP contribution is 2.38. The van der Waals surface area contributed by atoms with Crippen LogP contribution in [0.1, 0.15) is 26.7 Å².